The van der Waals surface area contributed by atoms with E-state index in [4.69, 9.17) is 5.73 Å². The number of hydrogen-bond donors (Lipinski definition) is 2. The number of benzene rings is 1. The Bertz CT molecular complexity index is 309. The van der Waals surface area contributed by atoms with Crippen LogP contribution < -0.4 is 11.1 Å². The Kier molecular flexibility index (Phi) is 4.31. The van der Waals surface area contributed by atoms with Gasteiger partial charge in [-0.3, -0.25) is 4.79 Å². The summed E-state index contributed by atoms with van der Waals surface area (Å²) >= 11 is 0. The Morgan fingerprint density at radius 1 is 1.33 bits per heavy atom. The van der Waals surface area contributed by atoms with Crippen LogP contribution in [0.1, 0.15) is 19.4 Å². The highest BCUT2D eigenvalue weighted by Crippen LogP contribution is 2.03. The van der Waals surface area contributed by atoms with Crippen molar-refractivity contribution in [1.29, 1.82) is 0 Å². The summed E-state index contributed by atoms with van der Waals surface area (Å²) in [4.78, 5) is 11.1. The standard InChI is InChI=1S/C12H18N2O/c1-9(2)11(12(13)15)14-8-10-6-4-3-5-7-10/h3-7,9,11,14H,8H2,1-2H3,(H2,13,15)/t11-/m0/s1. The van der Waals surface area contributed by atoms with Crippen LogP contribution in [0.25, 0.3) is 0 Å². The van der Waals surface area contributed by atoms with Gasteiger partial charge in [-0.1, -0.05) is 44.2 Å². The highest BCUT2D eigenvalue weighted by Gasteiger charge is 2.18. The van der Waals surface area contributed by atoms with Crippen molar-refractivity contribution in [1.82, 2.24) is 5.32 Å². The maximum Gasteiger partial charge on any atom is 0.234 e. The summed E-state index contributed by atoms with van der Waals surface area (Å²) in [5.74, 6) is -0.0767. The van der Waals surface area contributed by atoms with Gasteiger partial charge in [0.15, 0.2) is 0 Å². The molecule has 3 N–H and O–H groups in total. The van der Waals surface area contributed by atoms with E-state index in [9.17, 15) is 4.79 Å². The van der Waals surface area contributed by atoms with Gasteiger partial charge in [-0.15, -0.1) is 0 Å². The Balaban J connectivity index is 2.51. The van der Waals surface area contributed by atoms with E-state index in [1.54, 1.807) is 0 Å². The van der Waals surface area contributed by atoms with Gasteiger partial charge >= 0.3 is 0 Å². The number of rotatable bonds is 5. The molecule has 1 amide bonds. The normalized spacial score (nSPS) is 12.7. The minimum Gasteiger partial charge on any atom is -0.368 e. The third kappa shape index (κ3) is 3.72. The maximum absolute atomic E-state index is 11.1. The molecule has 0 saturated heterocycles. The van der Waals surface area contributed by atoms with Crippen LogP contribution in [-0.2, 0) is 11.3 Å². The first-order chi connectivity index (χ1) is 7.11. The molecule has 15 heavy (non-hydrogen) atoms. The molecule has 3 heteroatoms. The molecule has 0 radical (unpaired) electrons. The molecule has 3 nitrogen and oxygen atoms in total. The predicted octanol–water partition coefficient (Wildman–Crippen LogP) is 1.29. The summed E-state index contributed by atoms with van der Waals surface area (Å²) < 4.78 is 0. The summed E-state index contributed by atoms with van der Waals surface area (Å²) in [6.07, 6.45) is 0. The number of carbonyl (C=O) groups is 1. The first-order valence-electron chi connectivity index (χ1n) is 5.18. The summed E-state index contributed by atoms with van der Waals surface area (Å²) in [5.41, 5.74) is 6.46. The van der Waals surface area contributed by atoms with Crippen LogP contribution in [0, 0.1) is 5.92 Å². The number of primary amides is 1. The lowest BCUT2D eigenvalue weighted by molar-refractivity contribution is -0.121. The van der Waals surface area contributed by atoms with Gasteiger partial charge in [0.05, 0.1) is 6.04 Å². The van der Waals surface area contributed by atoms with Crippen LogP contribution in [0.3, 0.4) is 0 Å². The number of carbonyl (C=O) groups excluding carboxylic acids is 1. The lowest BCUT2D eigenvalue weighted by Gasteiger charge is -2.18. The summed E-state index contributed by atoms with van der Waals surface area (Å²) in [6.45, 7) is 4.63. The molecule has 0 heterocycles. The van der Waals surface area contributed by atoms with E-state index in [-0.39, 0.29) is 17.9 Å². The molecule has 0 aliphatic carbocycles. The van der Waals surface area contributed by atoms with Crippen LogP contribution in [0.5, 0.6) is 0 Å². The molecule has 0 aliphatic heterocycles. The molecule has 0 aliphatic rings. The molecule has 1 atom stereocenters. The molecule has 0 spiro atoms. The van der Waals surface area contributed by atoms with E-state index in [2.05, 4.69) is 5.32 Å². The number of amides is 1. The molecule has 1 aromatic rings. The smallest absolute Gasteiger partial charge is 0.234 e. The van der Waals surface area contributed by atoms with Crippen molar-refractivity contribution < 1.29 is 4.79 Å². The fourth-order valence-corrected chi connectivity index (χ4v) is 1.49. The summed E-state index contributed by atoms with van der Waals surface area (Å²) in [6, 6.07) is 9.70. The van der Waals surface area contributed by atoms with E-state index >= 15 is 0 Å². The van der Waals surface area contributed by atoms with Gasteiger partial charge in [-0.05, 0) is 11.5 Å². The second-order valence-corrected chi connectivity index (χ2v) is 3.99. The predicted molar refractivity (Wildman–Crippen MR) is 61.1 cm³/mol. The minimum absolute atomic E-state index is 0.214. The Labute approximate surface area is 90.7 Å². The van der Waals surface area contributed by atoms with E-state index in [1.807, 2.05) is 44.2 Å². The summed E-state index contributed by atoms with van der Waals surface area (Å²) in [5, 5.41) is 3.16. The van der Waals surface area contributed by atoms with Crippen LogP contribution in [-0.4, -0.2) is 11.9 Å². The van der Waals surface area contributed by atoms with Gasteiger partial charge < -0.3 is 11.1 Å². The summed E-state index contributed by atoms with van der Waals surface area (Å²) in [7, 11) is 0. The third-order valence-corrected chi connectivity index (χ3v) is 2.34. The van der Waals surface area contributed by atoms with E-state index in [0.29, 0.717) is 6.54 Å². The van der Waals surface area contributed by atoms with E-state index < -0.39 is 0 Å². The molecule has 0 bridgehead atoms. The monoisotopic (exact) mass is 206 g/mol. The first-order valence-corrected chi connectivity index (χ1v) is 5.18. The number of hydrogen-bond acceptors (Lipinski definition) is 2. The van der Waals surface area contributed by atoms with Crippen molar-refractivity contribution in [2.75, 3.05) is 0 Å². The molecule has 0 unspecified atom stereocenters. The third-order valence-electron chi connectivity index (χ3n) is 2.34. The second kappa shape index (κ2) is 5.51. The largest absolute Gasteiger partial charge is 0.368 e. The lowest BCUT2D eigenvalue weighted by Crippen LogP contribution is -2.44. The average Bonchev–Trinajstić information content (AvgIpc) is 2.18. The molecule has 0 fully saturated rings. The zero-order valence-corrected chi connectivity index (χ0v) is 9.23. The van der Waals surface area contributed by atoms with Gasteiger partial charge in [-0.25, -0.2) is 0 Å². The van der Waals surface area contributed by atoms with E-state index in [1.165, 1.54) is 0 Å². The van der Waals surface area contributed by atoms with Crippen molar-refractivity contribution in [3.05, 3.63) is 35.9 Å². The minimum atomic E-state index is -0.291. The fourth-order valence-electron chi connectivity index (χ4n) is 1.49. The molecule has 1 aromatic carbocycles. The van der Waals surface area contributed by atoms with Crippen LogP contribution in [0.2, 0.25) is 0 Å². The number of nitrogens with one attached hydrogen (secondary N) is 1. The van der Waals surface area contributed by atoms with Crippen LogP contribution in [0.4, 0.5) is 0 Å². The quantitative estimate of drug-likeness (QED) is 0.762. The Morgan fingerprint density at radius 3 is 2.40 bits per heavy atom. The van der Waals surface area contributed by atoms with Crippen molar-refractivity contribution >= 4 is 5.91 Å². The van der Waals surface area contributed by atoms with Gasteiger partial charge in [0.2, 0.25) is 5.91 Å². The molecule has 1 rings (SSSR count). The first kappa shape index (κ1) is 11.7. The average molecular weight is 206 g/mol. The zero-order valence-electron chi connectivity index (χ0n) is 9.23. The van der Waals surface area contributed by atoms with Gasteiger partial charge in [0, 0.05) is 6.54 Å². The highest BCUT2D eigenvalue weighted by atomic mass is 16.1. The van der Waals surface area contributed by atoms with Crippen LogP contribution >= 0.6 is 0 Å². The molecular formula is C12H18N2O. The van der Waals surface area contributed by atoms with Gasteiger partial charge in [0.1, 0.15) is 0 Å². The van der Waals surface area contributed by atoms with Crippen LogP contribution in [0.15, 0.2) is 30.3 Å². The Hall–Kier alpha value is -1.35. The van der Waals surface area contributed by atoms with Gasteiger partial charge in [0.25, 0.3) is 0 Å². The number of nitrogens with two attached hydrogens (primary N) is 1. The van der Waals surface area contributed by atoms with Gasteiger partial charge in [-0.2, -0.15) is 0 Å². The zero-order chi connectivity index (χ0) is 11.3. The highest BCUT2D eigenvalue weighted by molar-refractivity contribution is 5.80. The second-order valence-electron chi connectivity index (χ2n) is 3.99. The maximum atomic E-state index is 11.1. The molecule has 82 valence electrons. The van der Waals surface area contributed by atoms with Crippen molar-refractivity contribution in [2.45, 2.75) is 26.4 Å². The Morgan fingerprint density at radius 2 is 1.93 bits per heavy atom. The molecule has 0 saturated carbocycles. The van der Waals surface area contributed by atoms with Crippen molar-refractivity contribution in [2.24, 2.45) is 11.7 Å². The van der Waals surface area contributed by atoms with Crippen molar-refractivity contribution in [3.63, 3.8) is 0 Å². The SMILES string of the molecule is CC(C)[C@H](NCc1ccccc1)C(N)=O. The molecular weight excluding hydrogens is 188 g/mol. The van der Waals surface area contributed by atoms with Crippen molar-refractivity contribution in [3.8, 4) is 0 Å². The molecule has 0 aromatic heterocycles. The van der Waals surface area contributed by atoms with E-state index in [0.717, 1.165) is 5.56 Å². The fraction of sp³-hybridized carbons (Fsp3) is 0.417. The lowest BCUT2D eigenvalue weighted by atomic mass is 10.0. The topological polar surface area (TPSA) is 55.1 Å².